The molecule has 0 aliphatic carbocycles. The second kappa shape index (κ2) is 13.5. The van der Waals surface area contributed by atoms with Gasteiger partial charge in [0.1, 0.15) is 23.9 Å². The summed E-state index contributed by atoms with van der Waals surface area (Å²) in [5.74, 6) is 0.198. The Hall–Kier alpha value is -3.59. The van der Waals surface area contributed by atoms with Gasteiger partial charge in [-0.25, -0.2) is 4.79 Å². The Balaban J connectivity index is 1.23. The lowest BCUT2D eigenvalue weighted by Gasteiger charge is -2.51. The number of hydrogen-bond donors (Lipinski definition) is 3. The minimum atomic E-state index is -0.817. The van der Waals surface area contributed by atoms with Crippen LogP contribution < -0.4 is 10.6 Å². The van der Waals surface area contributed by atoms with Crippen LogP contribution in [0.25, 0.3) is 0 Å². The molecule has 2 fully saturated rings. The van der Waals surface area contributed by atoms with Gasteiger partial charge in [0.25, 0.3) is 0 Å². The van der Waals surface area contributed by atoms with E-state index in [0.717, 1.165) is 17.5 Å². The topological polar surface area (TPSA) is 111 Å². The van der Waals surface area contributed by atoms with E-state index in [1.54, 1.807) is 12.1 Å². The number of piperidine rings is 1. The number of benzene rings is 2. The zero-order valence-corrected chi connectivity index (χ0v) is 22.7. The number of para-hydroxylation sites is 1. The molecule has 0 saturated carbocycles. The van der Waals surface area contributed by atoms with Crippen molar-refractivity contribution < 1.29 is 24.2 Å². The van der Waals surface area contributed by atoms with Crippen LogP contribution in [0.1, 0.15) is 56.6 Å². The van der Waals surface area contributed by atoms with E-state index in [1.807, 2.05) is 54.3 Å². The van der Waals surface area contributed by atoms with E-state index in [0.29, 0.717) is 64.8 Å². The van der Waals surface area contributed by atoms with E-state index in [2.05, 4.69) is 15.5 Å². The first-order chi connectivity index (χ1) is 18.9. The van der Waals surface area contributed by atoms with Crippen molar-refractivity contribution in [2.45, 2.75) is 70.2 Å². The standard InChI is InChI=1S/C30H40N4O5/c1-2-18-34-27(36)25(13-8-9-17-31-29(38)39-22-23-10-4-3-5-11-23)32-28(37)30(34)15-19-33(20-16-30)21-24-12-6-7-14-26(24)35/h3-7,10-12,14,25,35H,2,8-9,13,15-22H2,1H3,(H,31,38)(H,32,37)/t25-/m0/s1. The van der Waals surface area contributed by atoms with E-state index in [4.69, 9.17) is 4.74 Å². The van der Waals surface area contributed by atoms with Gasteiger partial charge in [-0.05, 0) is 50.2 Å². The van der Waals surface area contributed by atoms with Gasteiger partial charge in [0, 0.05) is 38.3 Å². The zero-order chi connectivity index (χ0) is 27.7. The lowest BCUT2D eigenvalue weighted by molar-refractivity contribution is -0.161. The fourth-order valence-corrected chi connectivity index (χ4v) is 5.52. The average molecular weight is 537 g/mol. The first kappa shape index (κ1) is 28.4. The van der Waals surface area contributed by atoms with E-state index < -0.39 is 17.7 Å². The number of unbranched alkanes of at least 4 members (excludes halogenated alkanes) is 1. The number of carbonyl (C=O) groups excluding carboxylic acids is 3. The molecule has 3 amide bonds. The summed E-state index contributed by atoms with van der Waals surface area (Å²) in [4.78, 5) is 43.0. The van der Waals surface area contributed by atoms with Gasteiger partial charge < -0.3 is 25.4 Å². The highest BCUT2D eigenvalue weighted by Gasteiger charge is 2.53. The van der Waals surface area contributed by atoms with Crippen molar-refractivity contribution >= 4 is 17.9 Å². The van der Waals surface area contributed by atoms with E-state index in [-0.39, 0.29) is 24.2 Å². The van der Waals surface area contributed by atoms with Crippen LogP contribution in [0.4, 0.5) is 4.79 Å². The lowest BCUT2D eigenvalue weighted by Crippen LogP contribution is -2.72. The summed E-state index contributed by atoms with van der Waals surface area (Å²) >= 11 is 0. The molecule has 2 heterocycles. The minimum absolute atomic E-state index is 0.0131. The maximum Gasteiger partial charge on any atom is 0.407 e. The van der Waals surface area contributed by atoms with Crippen molar-refractivity contribution in [1.29, 1.82) is 0 Å². The molecule has 4 rings (SSSR count). The molecule has 1 atom stereocenters. The van der Waals surface area contributed by atoms with Crippen molar-refractivity contribution in [2.75, 3.05) is 26.2 Å². The molecule has 39 heavy (non-hydrogen) atoms. The first-order valence-corrected chi connectivity index (χ1v) is 14.0. The number of carbonyl (C=O) groups is 3. The fourth-order valence-electron chi connectivity index (χ4n) is 5.52. The maximum absolute atomic E-state index is 13.5. The van der Waals surface area contributed by atoms with Crippen LogP contribution in [-0.4, -0.2) is 70.6 Å². The number of rotatable bonds is 11. The van der Waals surface area contributed by atoms with Gasteiger partial charge in [-0.3, -0.25) is 14.5 Å². The second-order valence-electron chi connectivity index (χ2n) is 10.4. The molecule has 1 spiro atoms. The molecule has 210 valence electrons. The highest BCUT2D eigenvalue weighted by Crippen LogP contribution is 2.34. The molecule has 9 nitrogen and oxygen atoms in total. The SMILES string of the molecule is CCCN1C(=O)[C@H](CCCCNC(=O)OCc2ccccc2)NC(=O)C12CCN(Cc1ccccc1O)CC2. The third-order valence-corrected chi connectivity index (χ3v) is 7.73. The molecule has 9 heteroatoms. The lowest BCUT2D eigenvalue weighted by atomic mass is 9.81. The van der Waals surface area contributed by atoms with Crippen LogP contribution in [0.3, 0.4) is 0 Å². The number of alkyl carbamates (subject to hydrolysis) is 1. The normalized spacial score (nSPS) is 19.1. The van der Waals surface area contributed by atoms with Crippen molar-refractivity contribution in [3.8, 4) is 5.75 Å². The quantitative estimate of drug-likeness (QED) is 0.379. The molecule has 2 saturated heterocycles. The average Bonchev–Trinajstić information content (AvgIpc) is 2.95. The largest absolute Gasteiger partial charge is 0.508 e. The Morgan fingerprint density at radius 3 is 2.51 bits per heavy atom. The summed E-state index contributed by atoms with van der Waals surface area (Å²) in [6.07, 6.45) is 3.35. The summed E-state index contributed by atoms with van der Waals surface area (Å²) in [7, 11) is 0. The van der Waals surface area contributed by atoms with Gasteiger partial charge in [0.15, 0.2) is 0 Å². The Morgan fingerprint density at radius 1 is 1.08 bits per heavy atom. The molecule has 0 aromatic heterocycles. The van der Waals surface area contributed by atoms with Gasteiger partial charge in [-0.2, -0.15) is 0 Å². The Bertz CT molecular complexity index is 1120. The van der Waals surface area contributed by atoms with Crippen LogP contribution >= 0.6 is 0 Å². The van der Waals surface area contributed by atoms with E-state index in [9.17, 15) is 19.5 Å². The summed E-state index contributed by atoms with van der Waals surface area (Å²) in [5.41, 5.74) is 0.972. The minimum Gasteiger partial charge on any atom is -0.508 e. The van der Waals surface area contributed by atoms with Crippen LogP contribution in [0.5, 0.6) is 5.75 Å². The molecular formula is C30H40N4O5. The Morgan fingerprint density at radius 2 is 1.79 bits per heavy atom. The number of likely N-dealkylation sites (tertiary alicyclic amines) is 1. The molecular weight excluding hydrogens is 496 g/mol. The number of ether oxygens (including phenoxy) is 1. The van der Waals surface area contributed by atoms with Crippen molar-refractivity contribution in [3.63, 3.8) is 0 Å². The summed E-state index contributed by atoms with van der Waals surface area (Å²) < 4.78 is 5.22. The maximum atomic E-state index is 13.5. The molecule has 2 aromatic carbocycles. The molecule has 2 aromatic rings. The number of nitrogens with zero attached hydrogens (tertiary/aromatic N) is 2. The summed E-state index contributed by atoms with van der Waals surface area (Å²) in [5, 5.41) is 15.9. The molecule has 3 N–H and O–H groups in total. The van der Waals surface area contributed by atoms with Gasteiger partial charge in [0.05, 0.1) is 0 Å². The van der Waals surface area contributed by atoms with E-state index >= 15 is 0 Å². The predicted octanol–water partition coefficient (Wildman–Crippen LogP) is 3.56. The predicted molar refractivity (Wildman–Crippen MR) is 148 cm³/mol. The first-order valence-electron chi connectivity index (χ1n) is 14.0. The van der Waals surface area contributed by atoms with Crippen LogP contribution in [0.2, 0.25) is 0 Å². The van der Waals surface area contributed by atoms with E-state index in [1.165, 1.54) is 0 Å². The second-order valence-corrected chi connectivity index (χ2v) is 10.4. The number of amides is 3. The molecule has 2 aliphatic heterocycles. The van der Waals surface area contributed by atoms with Crippen LogP contribution in [0.15, 0.2) is 54.6 Å². The number of piperazine rings is 1. The number of phenolic OH excluding ortho intramolecular Hbond substituents is 1. The van der Waals surface area contributed by atoms with Crippen LogP contribution in [-0.2, 0) is 27.5 Å². The summed E-state index contributed by atoms with van der Waals surface area (Å²) in [6, 6.07) is 16.3. The van der Waals surface area contributed by atoms with Crippen molar-refractivity contribution in [1.82, 2.24) is 20.4 Å². The number of aromatic hydroxyl groups is 1. The van der Waals surface area contributed by atoms with Gasteiger partial charge >= 0.3 is 6.09 Å². The molecule has 0 radical (unpaired) electrons. The third-order valence-electron chi connectivity index (χ3n) is 7.73. The van der Waals surface area contributed by atoms with Crippen molar-refractivity contribution in [3.05, 3.63) is 65.7 Å². The molecule has 2 aliphatic rings. The highest BCUT2D eigenvalue weighted by molar-refractivity contribution is 6.00. The smallest absolute Gasteiger partial charge is 0.407 e. The molecule has 0 unspecified atom stereocenters. The number of phenols is 1. The monoisotopic (exact) mass is 536 g/mol. The fraction of sp³-hybridized carbons (Fsp3) is 0.500. The Kier molecular flexibility index (Phi) is 9.81. The molecule has 0 bridgehead atoms. The summed E-state index contributed by atoms with van der Waals surface area (Å²) in [6.45, 7) is 5.20. The third kappa shape index (κ3) is 7.09. The van der Waals surface area contributed by atoms with Gasteiger partial charge in [-0.1, -0.05) is 55.5 Å². The van der Waals surface area contributed by atoms with Crippen molar-refractivity contribution in [2.24, 2.45) is 0 Å². The number of hydrogen-bond acceptors (Lipinski definition) is 6. The zero-order valence-electron chi connectivity index (χ0n) is 22.7. The van der Waals surface area contributed by atoms with Gasteiger partial charge in [0.2, 0.25) is 11.8 Å². The number of nitrogens with one attached hydrogen (secondary N) is 2. The highest BCUT2D eigenvalue weighted by atomic mass is 16.5. The van der Waals surface area contributed by atoms with Crippen LogP contribution in [0, 0.1) is 0 Å². The van der Waals surface area contributed by atoms with Gasteiger partial charge in [-0.15, -0.1) is 0 Å². The Labute approximate surface area is 230 Å².